The van der Waals surface area contributed by atoms with Crippen LogP contribution in [0.4, 0.5) is 0 Å². The Morgan fingerprint density at radius 3 is 2.17 bits per heavy atom. The third-order valence-corrected chi connectivity index (χ3v) is 8.83. The van der Waals surface area contributed by atoms with Crippen molar-refractivity contribution < 1.29 is 35.3 Å². The maximum Gasteiger partial charge on any atom is 2.00 e. The Morgan fingerprint density at radius 1 is 0.660 bits per heavy atom. The van der Waals surface area contributed by atoms with Crippen molar-refractivity contribution in [2.75, 3.05) is 0 Å². The minimum atomic E-state index is -0.230. The zero-order chi connectivity index (χ0) is 30.8. The molecule has 47 heavy (non-hydrogen) atoms. The van der Waals surface area contributed by atoms with Gasteiger partial charge < -0.3 is 19.2 Å². The van der Waals surface area contributed by atoms with E-state index < -0.39 is 0 Å². The van der Waals surface area contributed by atoms with Crippen LogP contribution < -0.4 is 30.6 Å². The summed E-state index contributed by atoms with van der Waals surface area (Å²) in [5.41, 5.74) is 9.14. The van der Waals surface area contributed by atoms with Crippen molar-refractivity contribution in [1.82, 2.24) is 9.97 Å². The van der Waals surface area contributed by atoms with Gasteiger partial charge in [0.1, 0.15) is 11.5 Å². The topological polar surface area (TPSA) is 53.5 Å². The zero-order valence-corrected chi connectivity index (χ0v) is 27.8. The molecule has 0 spiro atoms. The molecule has 0 aliphatic carbocycles. The minimum Gasteiger partial charge on any atom is -0.518 e. The molecule has 9 rings (SSSR count). The van der Waals surface area contributed by atoms with Crippen molar-refractivity contribution in [3.05, 3.63) is 139 Å². The minimum absolute atomic E-state index is 0. The van der Waals surface area contributed by atoms with Crippen LogP contribution in [0.5, 0.6) is 34.6 Å². The van der Waals surface area contributed by atoms with Crippen LogP contribution in [-0.2, 0) is 21.1 Å². The predicted octanol–water partition coefficient (Wildman–Crippen LogP) is 7.70. The molecule has 5 nitrogen and oxygen atoms in total. The van der Waals surface area contributed by atoms with E-state index in [0.29, 0.717) is 17.4 Å². The van der Waals surface area contributed by atoms with E-state index in [1.807, 2.05) is 79.0 Å². The van der Waals surface area contributed by atoms with Crippen molar-refractivity contribution in [1.29, 1.82) is 0 Å². The largest absolute Gasteiger partial charge is 2.00 e. The second-order valence-corrected chi connectivity index (χ2v) is 11.7. The van der Waals surface area contributed by atoms with E-state index in [1.165, 1.54) is 16.7 Å². The summed E-state index contributed by atoms with van der Waals surface area (Å²) in [6.07, 6.45) is 3.63. The summed E-state index contributed by atoms with van der Waals surface area (Å²) in [5, 5.41) is 2.20. The molecule has 0 unspecified atom stereocenters. The van der Waals surface area contributed by atoms with Crippen LogP contribution in [0.15, 0.2) is 116 Å². The Labute approximate surface area is 287 Å². The normalized spacial score (nSPS) is 12.2. The quantitative estimate of drug-likeness (QED) is 0.135. The Morgan fingerprint density at radius 2 is 1.36 bits per heavy atom. The molecular formula is C40H25BN2O3Pt. The van der Waals surface area contributed by atoms with E-state index in [9.17, 15) is 0 Å². The average molecular weight is 788 g/mol. The fourth-order valence-electron chi connectivity index (χ4n) is 6.77. The van der Waals surface area contributed by atoms with Crippen LogP contribution in [0.1, 0.15) is 11.1 Å². The van der Waals surface area contributed by atoms with Crippen LogP contribution in [0.3, 0.4) is 0 Å². The monoisotopic (exact) mass is 787 g/mol. The molecule has 0 saturated carbocycles. The van der Waals surface area contributed by atoms with Crippen LogP contribution in [-0.4, -0.2) is 16.7 Å². The Bertz CT molecular complexity index is 2320. The molecule has 226 valence electrons. The van der Waals surface area contributed by atoms with Gasteiger partial charge in [0.2, 0.25) is 12.6 Å². The first-order chi connectivity index (χ1) is 22.6. The third kappa shape index (κ3) is 4.92. The molecule has 0 bridgehead atoms. The first kappa shape index (κ1) is 29.2. The third-order valence-electron chi connectivity index (χ3n) is 8.83. The first-order valence-corrected chi connectivity index (χ1v) is 15.3. The van der Waals surface area contributed by atoms with Crippen LogP contribution in [0, 0.1) is 26.0 Å². The number of nitrogens with zero attached hydrogens (tertiary/aromatic N) is 2. The average Bonchev–Trinajstić information content (AvgIpc) is 3.08. The van der Waals surface area contributed by atoms with Crippen molar-refractivity contribution in [3.63, 3.8) is 0 Å². The molecule has 5 aromatic carbocycles. The summed E-state index contributed by atoms with van der Waals surface area (Å²) in [4.78, 5) is 9.30. The first-order valence-electron chi connectivity index (χ1n) is 15.3. The van der Waals surface area contributed by atoms with Crippen molar-refractivity contribution in [2.24, 2.45) is 0 Å². The molecule has 2 aliphatic heterocycles. The molecule has 2 aromatic heterocycles. The fourth-order valence-corrected chi connectivity index (χ4v) is 6.77. The summed E-state index contributed by atoms with van der Waals surface area (Å²) in [7, 11) is 0. The van der Waals surface area contributed by atoms with Gasteiger partial charge in [-0.3, -0.25) is 0 Å². The van der Waals surface area contributed by atoms with E-state index >= 15 is 0 Å². The molecule has 0 radical (unpaired) electrons. The number of aromatic nitrogens is 2. The smallest absolute Gasteiger partial charge is 0.518 e. The van der Waals surface area contributed by atoms with Crippen molar-refractivity contribution in [3.8, 4) is 57.0 Å². The van der Waals surface area contributed by atoms with Crippen LogP contribution in [0.2, 0.25) is 0 Å². The van der Waals surface area contributed by atoms with Gasteiger partial charge in [-0.1, -0.05) is 48.5 Å². The predicted molar refractivity (Wildman–Crippen MR) is 182 cm³/mol. The van der Waals surface area contributed by atoms with Gasteiger partial charge in [-0.05, 0) is 76.8 Å². The second-order valence-electron chi connectivity index (χ2n) is 11.7. The molecule has 4 heterocycles. The van der Waals surface area contributed by atoms with E-state index in [4.69, 9.17) is 19.2 Å². The fraction of sp³-hybridized carbons (Fsp3) is 0.0500. The summed E-state index contributed by atoms with van der Waals surface area (Å²) in [6, 6.07) is 41.6. The maximum atomic E-state index is 6.43. The molecule has 0 amide bonds. The molecular weight excluding hydrogens is 762 g/mol. The molecule has 2 aliphatic rings. The number of benzene rings is 5. The summed E-state index contributed by atoms with van der Waals surface area (Å²) in [5.74, 6) is 4.02. The Balaban J connectivity index is 0.00000324. The molecule has 7 aromatic rings. The zero-order valence-electron chi connectivity index (χ0n) is 25.5. The van der Waals surface area contributed by atoms with Gasteiger partial charge in [0.05, 0.1) is 0 Å². The van der Waals surface area contributed by atoms with Crippen LogP contribution in [0.25, 0.3) is 33.2 Å². The van der Waals surface area contributed by atoms with Gasteiger partial charge in [0.15, 0.2) is 0 Å². The van der Waals surface area contributed by atoms with Crippen molar-refractivity contribution in [2.45, 2.75) is 13.8 Å². The van der Waals surface area contributed by atoms with E-state index in [0.717, 1.165) is 61.2 Å². The molecule has 0 atom stereocenters. The Hall–Kier alpha value is -5.19. The number of hydrogen-bond donors (Lipinski definition) is 0. The summed E-state index contributed by atoms with van der Waals surface area (Å²) >= 11 is 0. The molecule has 0 saturated heterocycles. The second kappa shape index (κ2) is 11.6. The number of aryl methyl sites for hydroxylation is 2. The number of fused-ring (bicyclic) bond motifs is 5. The van der Waals surface area contributed by atoms with E-state index in [-0.39, 0.29) is 27.8 Å². The van der Waals surface area contributed by atoms with Crippen LogP contribution >= 0.6 is 0 Å². The Kier molecular flexibility index (Phi) is 7.19. The number of rotatable bonds is 4. The van der Waals surface area contributed by atoms with Gasteiger partial charge in [-0.15, -0.1) is 52.9 Å². The van der Waals surface area contributed by atoms with Crippen molar-refractivity contribution >= 4 is 33.9 Å². The van der Waals surface area contributed by atoms with Gasteiger partial charge in [-0.25, -0.2) is 4.98 Å². The van der Waals surface area contributed by atoms with E-state index in [1.54, 1.807) is 6.20 Å². The van der Waals surface area contributed by atoms with Gasteiger partial charge in [0, 0.05) is 41.2 Å². The number of hydrogen-bond acceptors (Lipinski definition) is 5. The van der Waals surface area contributed by atoms with Gasteiger partial charge in [0.25, 0.3) is 0 Å². The number of ether oxygens (including phenoxy) is 3. The standard InChI is InChI=1S/C40H25BN2O3.Pt/c1-24-7-5-8-25(2)38(24)27-18-19-42-37(22-27)44-29-14-16-34-32(23-29)41-31-21-28(40-30-10-4-3-9-26(30)17-20-43-40)13-15-33(31)45-35-11-6-12-36(46-34)39(35)41;/h3-20,22H,1-2H3;/q-2;+2. The molecule has 0 N–H and O–H groups in total. The summed E-state index contributed by atoms with van der Waals surface area (Å²) < 4.78 is 19.2. The maximum absolute atomic E-state index is 6.43. The summed E-state index contributed by atoms with van der Waals surface area (Å²) in [6.45, 7) is 4.01. The van der Waals surface area contributed by atoms with Gasteiger partial charge >= 0.3 is 21.1 Å². The number of pyridine rings is 2. The van der Waals surface area contributed by atoms with E-state index in [2.05, 4.69) is 61.3 Å². The molecule has 7 heteroatoms. The molecule has 0 fully saturated rings. The SMILES string of the molecule is Cc1cccc(C)c1-c1ccnc(Oc2[c-]c3c(cc2)Oc2cccc4c2B3c2[c-]c(-c3nccc5ccccc35)ccc2O4)c1.[Pt+2]. The van der Waals surface area contributed by atoms with Gasteiger partial charge in [-0.2, -0.15) is 0 Å².